The molecule has 1 aliphatic heterocycles. The third kappa shape index (κ3) is 3.90. The second-order valence-electron chi connectivity index (χ2n) is 6.22. The van der Waals surface area contributed by atoms with Crippen LogP contribution in [0.15, 0.2) is 18.2 Å². The molecule has 2 rings (SSSR count). The molecule has 5 heteroatoms. The minimum absolute atomic E-state index is 0. The van der Waals surface area contributed by atoms with E-state index in [9.17, 15) is 8.78 Å². The summed E-state index contributed by atoms with van der Waals surface area (Å²) < 4.78 is 27.2. The van der Waals surface area contributed by atoms with Crippen molar-refractivity contribution in [3.63, 3.8) is 0 Å². The van der Waals surface area contributed by atoms with Gasteiger partial charge in [-0.15, -0.1) is 12.4 Å². The first kappa shape index (κ1) is 17.3. The van der Waals surface area contributed by atoms with Crippen LogP contribution in [-0.4, -0.2) is 31.1 Å². The fourth-order valence-electron chi connectivity index (χ4n) is 2.87. The molecular weight excluding hydrogens is 282 g/mol. The lowest BCUT2D eigenvalue weighted by Gasteiger charge is -2.42. The molecule has 0 saturated carbocycles. The van der Waals surface area contributed by atoms with E-state index in [4.69, 9.17) is 0 Å². The van der Waals surface area contributed by atoms with Crippen LogP contribution < -0.4 is 5.32 Å². The fourth-order valence-corrected chi connectivity index (χ4v) is 2.87. The van der Waals surface area contributed by atoms with E-state index in [0.29, 0.717) is 5.56 Å². The van der Waals surface area contributed by atoms with Gasteiger partial charge in [0.15, 0.2) is 0 Å². The summed E-state index contributed by atoms with van der Waals surface area (Å²) >= 11 is 0. The highest BCUT2D eigenvalue weighted by Crippen LogP contribution is 2.39. The Bertz CT molecular complexity index is 440. The lowest BCUT2D eigenvalue weighted by molar-refractivity contribution is 0.0833. The molecule has 2 nitrogen and oxygen atoms in total. The van der Waals surface area contributed by atoms with Crippen molar-refractivity contribution >= 4 is 12.4 Å². The highest BCUT2D eigenvalue weighted by atomic mass is 35.5. The SMILES string of the molecule is CC(C)(C)[C@@H](c1ccc(F)cc1F)N1CCNCC1.Cl. The summed E-state index contributed by atoms with van der Waals surface area (Å²) in [7, 11) is 0. The Balaban J connectivity index is 0.00000200. The van der Waals surface area contributed by atoms with Crippen LogP contribution in [0.4, 0.5) is 8.78 Å². The van der Waals surface area contributed by atoms with Crippen LogP contribution >= 0.6 is 12.4 Å². The minimum atomic E-state index is -0.519. The van der Waals surface area contributed by atoms with Gasteiger partial charge in [0.2, 0.25) is 0 Å². The topological polar surface area (TPSA) is 15.3 Å². The Kier molecular flexibility index (Phi) is 5.92. The number of halogens is 3. The number of nitrogens with one attached hydrogen (secondary N) is 1. The Hall–Kier alpha value is -0.710. The van der Waals surface area contributed by atoms with E-state index >= 15 is 0 Å². The molecule has 0 radical (unpaired) electrons. The van der Waals surface area contributed by atoms with Crippen LogP contribution in [-0.2, 0) is 0 Å². The average molecular weight is 305 g/mol. The largest absolute Gasteiger partial charge is 0.314 e. The van der Waals surface area contributed by atoms with Gasteiger partial charge in [-0.3, -0.25) is 4.90 Å². The van der Waals surface area contributed by atoms with Gasteiger partial charge < -0.3 is 5.32 Å². The van der Waals surface area contributed by atoms with E-state index in [1.54, 1.807) is 6.07 Å². The van der Waals surface area contributed by atoms with Crippen molar-refractivity contribution in [2.75, 3.05) is 26.2 Å². The van der Waals surface area contributed by atoms with Crippen molar-refractivity contribution in [3.8, 4) is 0 Å². The average Bonchev–Trinajstić information content (AvgIpc) is 2.32. The standard InChI is InChI=1S/C15H22F2N2.ClH/c1-15(2,3)14(19-8-6-18-7-9-19)12-5-4-11(16)10-13(12)17;/h4-5,10,14,18H,6-9H2,1-3H3;1H/t14-;/m1./s1. The van der Waals surface area contributed by atoms with E-state index in [1.807, 2.05) is 0 Å². The molecule has 1 aliphatic rings. The molecule has 20 heavy (non-hydrogen) atoms. The van der Waals surface area contributed by atoms with Gasteiger partial charge in [-0.2, -0.15) is 0 Å². The molecule has 1 heterocycles. The van der Waals surface area contributed by atoms with Crippen LogP contribution in [0.3, 0.4) is 0 Å². The monoisotopic (exact) mass is 304 g/mol. The van der Waals surface area contributed by atoms with Gasteiger partial charge in [0.05, 0.1) is 0 Å². The molecule has 1 N–H and O–H groups in total. The molecule has 1 aromatic carbocycles. The molecule has 0 aliphatic carbocycles. The van der Waals surface area contributed by atoms with Crippen molar-refractivity contribution in [3.05, 3.63) is 35.4 Å². The Morgan fingerprint density at radius 3 is 2.25 bits per heavy atom. The van der Waals surface area contributed by atoms with Crippen molar-refractivity contribution in [2.24, 2.45) is 5.41 Å². The quantitative estimate of drug-likeness (QED) is 0.901. The maximum Gasteiger partial charge on any atom is 0.130 e. The number of rotatable bonds is 2. The normalized spacial score (nSPS) is 18.4. The van der Waals surface area contributed by atoms with Gasteiger partial charge in [-0.05, 0) is 11.5 Å². The van der Waals surface area contributed by atoms with Crippen LogP contribution in [0.2, 0.25) is 0 Å². The van der Waals surface area contributed by atoms with Crippen LogP contribution in [0.5, 0.6) is 0 Å². The van der Waals surface area contributed by atoms with Crippen LogP contribution in [0, 0.1) is 17.0 Å². The Morgan fingerprint density at radius 2 is 1.75 bits per heavy atom. The zero-order valence-electron chi connectivity index (χ0n) is 12.2. The maximum absolute atomic E-state index is 14.1. The highest BCUT2D eigenvalue weighted by molar-refractivity contribution is 5.85. The molecule has 0 unspecified atom stereocenters. The number of piperazine rings is 1. The Morgan fingerprint density at radius 1 is 1.15 bits per heavy atom. The first-order chi connectivity index (χ1) is 8.89. The summed E-state index contributed by atoms with van der Waals surface area (Å²) in [5.41, 5.74) is 0.492. The summed E-state index contributed by atoms with van der Waals surface area (Å²) in [5, 5.41) is 3.30. The van der Waals surface area contributed by atoms with E-state index in [-0.39, 0.29) is 23.9 Å². The molecule has 1 fully saturated rings. The number of benzene rings is 1. The third-order valence-corrected chi connectivity index (χ3v) is 3.59. The number of nitrogens with zero attached hydrogens (tertiary/aromatic N) is 1. The molecular formula is C15H23ClF2N2. The molecule has 0 aromatic heterocycles. The Labute approximate surface area is 126 Å². The fraction of sp³-hybridized carbons (Fsp3) is 0.600. The maximum atomic E-state index is 14.1. The summed E-state index contributed by atoms with van der Waals surface area (Å²) in [5.74, 6) is -0.965. The predicted octanol–water partition coefficient (Wildman–Crippen LogP) is 3.38. The van der Waals surface area contributed by atoms with Gasteiger partial charge in [-0.25, -0.2) is 8.78 Å². The summed E-state index contributed by atoms with van der Waals surface area (Å²) in [6, 6.07) is 3.88. The van der Waals surface area contributed by atoms with E-state index < -0.39 is 11.6 Å². The molecule has 0 amide bonds. The molecule has 1 aromatic rings. The van der Waals surface area contributed by atoms with Gasteiger partial charge >= 0.3 is 0 Å². The zero-order chi connectivity index (χ0) is 14.0. The number of hydrogen-bond donors (Lipinski definition) is 1. The van der Waals surface area contributed by atoms with Crippen LogP contribution in [0.1, 0.15) is 32.4 Å². The molecule has 1 saturated heterocycles. The lowest BCUT2D eigenvalue weighted by Crippen LogP contribution is -2.48. The van der Waals surface area contributed by atoms with Crippen molar-refractivity contribution in [1.82, 2.24) is 10.2 Å². The summed E-state index contributed by atoms with van der Waals surface area (Å²) in [4.78, 5) is 2.28. The predicted molar refractivity (Wildman–Crippen MR) is 80.2 cm³/mol. The van der Waals surface area contributed by atoms with Gasteiger partial charge in [0.1, 0.15) is 11.6 Å². The van der Waals surface area contributed by atoms with E-state index in [1.165, 1.54) is 6.07 Å². The smallest absolute Gasteiger partial charge is 0.130 e. The third-order valence-electron chi connectivity index (χ3n) is 3.59. The van der Waals surface area contributed by atoms with E-state index in [0.717, 1.165) is 32.2 Å². The molecule has 114 valence electrons. The lowest BCUT2D eigenvalue weighted by atomic mass is 9.80. The zero-order valence-corrected chi connectivity index (χ0v) is 13.1. The van der Waals surface area contributed by atoms with Crippen molar-refractivity contribution in [2.45, 2.75) is 26.8 Å². The molecule has 0 spiro atoms. The van der Waals surface area contributed by atoms with Gasteiger partial charge in [0, 0.05) is 43.9 Å². The summed E-state index contributed by atoms with van der Waals surface area (Å²) in [6.07, 6.45) is 0. The second kappa shape index (κ2) is 6.83. The minimum Gasteiger partial charge on any atom is -0.314 e. The van der Waals surface area contributed by atoms with Gasteiger partial charge in [0.25, 0.3) is 0 Å². The molecule has 1 atom stereocenters. The van der Waals surface area contributed by atoms with Crippen LogP contribution in [0.25, 0.3) is 0 Å². The van der Waals surface area contributed by atoms with E-state index in [2.05, 4.69) is 31.0 Å². The second-order valence-corrected chi connectivity index (χ2v) is 6.22. The molecule has 0 bridgehead atoms. The van der Waals surface area contributed by atoms with Crippen molar-refractivity contribution < 1.29 is 8.78 Å². The summed E-state index contributed by atoms with van der Waals surface area (Å²) in [6.45, 7) is 9.90. The van der Waals surface area contributed by atoms with Crippen molar-refractivity contribution in [1.29, 1.82) is 0 Å². The highest BCUT2D eigenvalue weighted by Gasteiger charge is 2.34. The number of hydrogen-bond acceptors (Lipinski definition) is 2. The first-order valence-electron chi connectivity index (χ1n) is 6.79. The first-order valence-corrected chi connectivity index (χ1v) is 6.79. The van der Waals surface area contributed by atoms with Gasteiger partial charge in [-0.1, -0.05) is 26.8 Å².